The summed E-state index contributed by atoms with van der Waals surface area (Å²) in [7, 11) is 0. The number of aromatic nitrogens is 1. The van der Waals surface area contributed by atoms with Gasteiger partial charge in [-0.1, -0.05) is 12.1 Å². The summed E-state index contributed by atoms with van der Waals surface area (Å²) >= 11 is 0. The smallest absolute Gasteiger partial charge is 0.220 e. The number of pyridine rings is 1. The van der Waals surface area contributed by atoms with E-state index < -0.39 is 0 Å². The molecule has 0 aliphatic carbocycles. The highest BCUT2D eigenvalue weighted by molar-refractivity contribution is 5.67. The predicted molar refractivity (Wildman–Crippen MR) is 67.1 cm³/mol. The normalized spacial score (nSPS) is 10.2. The highest BCUT2D eigenvalue weighted by Crippen LogP contribution is 2.23. The first-order valence-electron chi connectivity index (χ1n) is 5.34. The molecule has 0 saturated heterocycles. The third-order valence-electron chi connectivity index (χ3n) is 2.87. The Morgan fingerprint density at radius 1 is 1.06 bits per heavy atom. The predicted octanol–water partition coefficient (Wildman–Crippen LogP) is 2.43. The lowest BCUT2D eigenvalue weighted by atomic mass is 10.0. The van der Waals surface area contributed by atoms with E-state index in [-0.39, 0.29) is 11.2 Å². The average molecular weight is 227 g/mol. The maximum Gasteiger partial charge on any atom is 0.220 e. The van der Waals surface area contributed by atoms with Crippen molar-refractivity contribution >= 4 is 0 Å². The van der Waals surface area contributed by atoms with Crippen molar-refractivity contribution in [3.63, 3.8) is 0 Å². The Morgan fingerprint density at radius 3 is 2.53 bits per heavy atom. The van der Waals surface area contributed by atoms with E-state index in [1.54, 1.807) is 24.5 Å². The molecule has 2 rings (SSSR count). The number of aromatic hydroxyl groups is 1. The Labute approximate surface area is 99.4 Å². The van der Waals surface area contributed by atoms with Gasteiger partial charge < -0.3 is 5.11 Å². The molecule has 1 N–H and O–H groups in total. The van der Waals surface area contributed by atoms with Crippen molar-refractivity contribution < 1.29 is 5.11 Å². The molecule has 3 nitrogen and oxygen atoms in total. The second-order valence-electron chi connectivity index (χ2n) is 4.00. The third-order valence-corrected chi connectivity index (χ3v) is 2.87. The molecule has 0 aliphatic heterocycles. The fraction of sp³-hybridized carbons (Fsp3) is 0.143. The number of rotatable bonds is 1. The standard InChI is InChI=1S/C14H13NO2/c1-9-7-15-8-12(10(9)2)11-3-5-13(16)14(17)6-4-11/h3-8H,1-2H3,(H,16,17). The van der Waals surface area contributed by atoms with Crippen molar-refractivity contribution in [2.24, 2.45) is 0 Å². The first-order chi connectivity index (χ1) is 8.09. The van der Waals surface area contributed by atoms with E-state index in [2.05, 4.69) is 4.98 Å². The van der Waals surface area contributed by atoms with Gasteiger partial charge >= 0.3 is 0 Å². The van der Waals surface area contributed by atoms with Gasteiger partial charge in [0, 0.05) is 18.0 Å². The summed E-state index contributed by atoms with van der Waals surface area (Å²) < 4.78 is 0. The Kier molecular flexibility index (Phi) is 2.91. The number of aryl methyl sites for hydroxylation is 1. The molecule has 0 spiro atoms. The van der Waals surface area contributed by atoms with Crippen molar-refractivity contribution in [3.8, 4) is 16.9 Å². The van der Waals surface area contributed by atoms with Crippen LogP contribution >= 0.6 is 0 Å². The van der Waals surface area contributed by atoms with Gasteiger partial charge in [-0.05, 0) is 42.7 Å². The zero-order valence-corrected chi connectivity index (χ0v) is 9.77. The lowest BCUT2D eigenvalue weighted by Crippen LogP contribution is -1.91. The Balaban J connectivity index is 2.66. The van der Waals surface area contributed by atoms with Crippen molar-refractivity contribution in [1.29, 1.82) is 0 Å². The molecule has 0 fully saturated rings. The van der Waals surface area contributed by atoms with Crippen molar-refractivity contribution in [3.05, 3.63) is 58.0 Å². The lowest BCUT2D eigenvalue weighted by Gasteiger charge is -2.06. The minimum absolute atomic E-state index is 0.241. The Bertz CT molecular complexity index is 621. The van der Waals surface area contributed by atoms with Gasteiger partial charge in [0.15, 0.2) is 5.75 Å². The lowest BCUT2D eigenvalue weighted by molar-refractivity contribution is 0.471. The molecule has 86 valence electrons. The third kappa shape index (κ3) is 2.18. The van der Waals surface area contributed by atoms with Gasteiger partial charge in [0.2, 0.25) is 5.43 Å². The molecule has 0 unspecified atom stereocenters. The van der Waals surface area contributed by atoms with Gasteiger partial charge in [0.05, 0.1) is 0 Å². The molecule has 1 aromatic heterocycles. The van der Waals surface area contributed by atoms with Crippen LogP contribution in [0.25, 0.3) is 11.1 Å². The van der Waals surface area contributed by atoms with Gasteiger partial charge in [0.1, 0.15) is 0 Å². The molecule has 1 heterocycles. The molecular weight excluding hydrogens is 214 g/mol. The van der Waals surface area contributed by atoms with Crippen LogP contribution in [-0.4, -0.2) is 10.1 Å². The maximum atomic E-state index is 11.3. The topological polar surface area (TPSA) is 50.2 Å². The average Bonchev–Trinajstić information content (AvgIpc) is 2.47. The van der Waals surface area contributed by atoms with Crippen LogP contribution in [0.2, 0.25) is 0 Å². The molecule has 1 aromatic carbocycles. The van der Waals surface area contributed by atoms with Crippen LogP contribution in [0.4, 0.5) is 0 Å². The van der Waals surface area contributed by atoms with Crippen LogP contribution in [0.3, 0.4) is 0 Å². The molecule has 2 aromatic rings. The van der Waals surface area contributed by atoms with E-state index in [1.165, 1.54) is 12.1 Å². The van der Waals surface area contributed by atoms with Crippen molar-refractivity contribution in [2.75, 3.05) is 0 Å². The number of hydrogen-bond donors (Lipinski definition) is 1. The van der Waals surface area contributed by atoms with E-state index in [9.17, 15) is 9.90 Å². The van der Waals surface area contributed by atoms with Gasteiger partial charge in [-0.25, -0.2) is 0 Å². The fourth-order valence-electron chi connectivity index (χ4n) is 1.66. The monoisotopic (exact) mass is 227 g/mol. The van der Waals surface area contributed by atoms with E-state index in [0.717, 1.165) is 22.3 Å². The van der Waals surface area contributed by atoms with Crippen molar-refractivity contribution in [2.45, 2.75) is 13.8 Å². The van der Waals surface area contributed by atoms with E-state index in [4.69, 9.17) is 0 Å². The maximum absolute atomic E-state index is 11.3. The minimum Gasteiger partial charge on any atom is -0.504 e. The summed E-state index contributed by atoms with van der Waals surface area (Å²) in [6.45, 7) is 4.00. The minimum atomic E-state index is -0.380. The molecule has 0 atom stereocenters. The van der Waals surface area contributed by atoms with Crippen LogP contribution in [-0.2, 0) is 0 Å². The van der Waals surface area contributed by atoms with Gasteiger partial charge in [-0.3, -0.25) is 9.78 Å². The number of hydrogen-bond acceptors (Lipinski definition) is 3. The SMILES string of the molecule is Cc1cncc(-c2ccc(O)c(=O)cc2)c1C. The van der Waals surface area contributed by atoms with Gasteiger partial charge in [-0.15, -0.1) is 0 Å². The Hall–Kier alpha value is -2.16. The molecule has 0 radical (unpaired) electrons. The highest BCUT2D eigenvalue weighted by atomic mass is 16.3. The first kappa shape index (κ1) is 11.3. The molecule has 0 aliphatic rings. The Morgan fingerprint density at radius 2 is 1.76 bits per heavy atom. The molecule has 0 saturated carbocycles. The zero-order valence-electron chi connectivity index (χ0n) is 9.77. The summed E-state index contributed by atoms with van der Waals surface area (Å²) in [5.74, 6) is -0.241. The zero-order chi connectivity index (χ0) is 12.4. The second-order valence-corrected chi connectivity index (χ2v) is 4.00. The summed E-state index contributed by atoms with van der Waals surface area (Å²) in [5, 5.41) is 9.35. The second kappa shape index (κ2) is 4.37. The first-order valence-corrected chi connectivity index (χ1v) is 5.34. The van der Waals surface area contributed by atoms with Crippen LogP contribution in [0, 0.1) is 13.8 Å². The molecule has 0 bridgehead atoms. The molecule has 17 heavy (non-hydrogen) atoms. The quantitative estimate of drug-likeness (QED) is 0.814. The van der Waals surface area contributed by atoms with Gasteiger partial charge in [0.25, 0.3) is 0 Å². The molecule has 3 heteroatoms. The van der Waals surface area contributed by atoms with Crippen LogP contribution in [0.15, 0.2) is 41.5 Å². The number of nitrogens with zero attached hydrogens (tertiary/aromatic N) is 1. The van der Waals surface area contributed by atoms with Crippen LogP contribution in [0.5, 0.6) is 5.75 Å². The fourth-order valence-corrected chi connectivity index (χ4v) is 1.66. The summed E-state index contributed by atoms with van der Waals surface area (Å²) in [5.41, 5.74) is 3.68. The van der Waals surface area contributed by atoms with Crippen LogP contribution < -0.4 is 5.43 Å². The highest BCUT2D eigenvalue weighted by Gasteiger charge is 2.04. The van der Waals surface area contributed by atoms with Gasteiger partial charge in [-0.2, -0.15) is 0 Å². The summed E-state index contributed by atoms with van der Waals surface area (Å²) in [4.78, 5) is 15.4. The van der Waals surface area contributed by atoms with Crippen LogP contribution in [0.1, 0.15) is 11.1 Å². The molecular formula is C14H13NO2. The summed E-state index contributed by atoms with van der Waals surface area (Å²) in [6, 6.07) is 6.21. The largest absolute Gasteiger partial charge is 0.504 e. The van der Waals surface area contributed by atoms with E-state index in [0.29, 0.717) is 0 Å². The molecule has 0 amide bonds. The van der Waals surface area contributed by atoms with E-state index in [1.807, 2.05) is 13.8 Å². The summed E-state index contributed by atoms with van der Waals surface area (Å²) in [6.07, 6.45) is 3.57. The van der Waals surface area contributed by atoms with Crippen molar-refractivity contribution in [1.82, 2.24) is 4.98 Å². The van der Waals surface area contributed by atoms with E-state index >= 15 is 0 Å².